The van der Waals surface area contributed by atoms with E-state index in [4.69, 9.17) is 33.4 Å². The molecule has 4 N–H and O–H groups in total. The Morgan fingerprint density at radius 1 is 1.12 bits per heavy atom. The number of amides is 4. The quantitative estimate of drug-likeness (QED) is 0.199. The average molecular weight is 724 g/mol. The van der Waals surface area contributed by atoms with Gasteiger partial charge in [0.15, 0.2) is 10.7 Å². The van der Waals surface area contributed by atoms with E-state index in [1.807, 2.05) is 25.1 Å². The number of nitrogens with two attached hydrogens (primary N) is 1. The van der Waals surface area contributed by atoms with Crippen LogP contribution in [0.15, 0.2) is 63.8 Å². The molecule has 0 unspecified atom stereocenters. The number of halogens is 2. The molecule has 4 heterocycles. The fraction of sp³-hybridized carbons (Fsp3) is 0.303. The van der Waals surface area contributed by atoms with Crippen LogP contribution in [-0.4, -0.2) is 79.5 Å². The number of hydrogen-bond donors (Lipinski definition) is 3. The van der Waals surface area contributed by atoms with Crippen LogP contribution in [0.3, 0.4) is 0 Å². The number of fused-ring (bicyclic) bond motifs is 3. The zero-order chi connectivity index (χ0) is 34.4. The maximum absolute atomic E-state index is 14.4. The molecule has 2 saturated heterocycles. The van der Waals surface area contributed by atoms with Crippen LogP contribution in [0.2, 0.25) is 10.0 Å². The molecule has 0 saturated carbocycles. The normalized spacial score (nSPS) is 18.1. The summed E-state index contributed by atoms with van der Waals surface area (Å²) in [6, 6.07) is 14.8. The third-order valence-electron chi connectivity index (χ3n) is 8.77. The molecule has 2 aliphatic rings. The number of piperazine rings is 1. The van der Waals surface area contributed by atoms with E-state index in [2.05, 4.69) is 15.3 Å². The summed E-state index contributed by atoms with van der Waals surface area (Å²) in [5.74, 6) is -1.09. The smallest absolute Gasteiger partial charge is 0.408 e. The second-order valence-electron chi connectivity index (χ2n) is 12.0. The van der Waals surface area contributed by atoms with Gasteiger partial charge in [-0.15, -0.1) is 0 Å². The maximum atomic E-state index is 14.4. The van der Waals surface area contributed by atoms with E-state index in [0.717, 1.165) is 26.9 Å². The van der Waals surface area contributed by atoms with Crippen molar-refractivity contribution in [2.24, 2.45) is 0 Å². The fourth-order valence-corrected chi connectivity index (χ4v) is 7.68. The van der Waals surface area contributed by atoms with E-state index in [1.165, 1.54) is 11.3 Å². The van der Waals surface area contributed by atoms with Gasteiger partial charge in [-0.3, -0.25) is 19.6 Å². The van der Waals surface area contributed by atoms with Crippen molar-refractivity contribution >= 4 is 78.8 Å². The van der Waals surface area contributed by atoms with Crippen molar-refractivity contribution in [3.8, 4) is 0 Å². The van der Waals surface area contributed by atoms with Crippen molar-refractivity contribution in [2.75, 3.05) is 25.4 Å². The first kappa shape index (κ1) is 32.9. The molecule has 2 atom stereocenters. The van der Waals surface area contributed by atoms with Crippen LogP contribution >= 0.6 is 34.5 Å². The molecule has 2 aromatic heterocycles. The lowest BCUT2D eigenvalue weighted by Crippen LogP contribution is -2.66. The molecule has 5 aromatic rings. The van der Waals surface area contributed by atoms with Crippen molar-refractivity contribution in [3.63, 3.8) is 0 Å². The molecule has 2 aliphatic heterocycles. The topological polar surface area (TPSA) is 161 Å². The minimum Gasteiger partial charge on any atom is -0.408 e. The number of nitrogens with one attached hydrogen (secondary N) is 2. The Morgan fingerprint density at radius 2 is 1.94 bits per heavy atom. The number of nitrogens with zero attached hydrogens (tertiary/aromatic N) is 5. The largest absolute Gasteiger partial charge is 0.417 e. The van der Waals surface area contributed by atoms with Crippen LogP contribution in [0.1, 0.15) is 30.0 Å². The van der Waals surface area contributed by atoms with E-state index < -0.39 is 18.0 Å². The number of urea groups is 1. The number of rotatable bonds is 9. The molecule has 0 radical (unpaired) electrons. The molecule has 4 amide bonds. The third kappa shape index (κ3) is 6.44. The summed E-state index contributed by atoms with van der Waals surface area (Å²) in [7, 11) is 0. The molecule has 16 heteroatoms. The number of thiazole rings is 1. The number of hydrogen-bond acceptors (Lipinski definition) is 9. The number of nitrogen functional groups attached to an aromatic ring is 1. The Balaban J connectivity index is 1.21. The molecule has 2 fully saturated rings. The first-order valence-corrected chi connectivity index (χ1v) is 17.3. The highest BCUT2D eigenvalue weighted by molar-refractivity contribution is 7.22. The summed E-state index contributed by atoms with van der Waals surface area (Å²) >= 11 is 13.6. The number of anilines is 1. The van der Waals surface area contributed by atoms with Crippen molar-refractivity contribution in [3.05, 3.63) is 91.9 Å². The van der Waals surface area contributed by atoms with Gasteiger partial charge in [-0.05, 0) is 53.4 Å². The number of H-pyrrole nitrogens is 1. The van der Waals surface area contributed by atoms with Crippen LogP contribution in [0, 0.1) is 0 Å². The summed E-state index contributed by atoms with van der Waals surface area (Å²) < 4.78 is 6.07. The van der Waals surface area contributed by atoms with Gasteiger partial charge in [0, 0.05) is 26.1 Å². The SMILES string of the molecule is CCCN(C(=O)NCc1ccc(Cl)c(Cl)c1)N1CC(=O)N2[C@@H](Cc3ccc4oc(=O)[nH]c4c3)C(=O)N(Cc3cccc4sc(N)nc34)C[C@@H]21. The van der Waals surface area contributed by atoms with Crippen LogP contribution in [-0.2, 0) is 29.1 Å². The number of oxazole rings is 1. The number of aromatic nitrogens is 2. The Hall–Kier alpha value is -4.63. The minimum absolute atomic E-state index is 0.0885. The minimum atomic E-state index is -0.880. The summed E-state index contributed by atoms with van der Waals surface area (Å²) in [6.07, 6.45) is 0.175. The molecular weight excluding hydrogens is 691 g/mol. The highest BCUT2D eigenvalue weighted by Crippen LogP contribution is 2.33. The molecule has 254 valence electrons. The molecular formula is C33H32Cl2N8O5S. The lowest BCUT2D eigenvalue weighted by Gasteiger charge is -2.46. The Labute approximate surface area is 294 Å². The van der Waals surface area contributed by atoms with E-state index in [0.29, 0.717) is 39.2 Å². The van der Waals surface area contributed by atoms with Crippen molar-refractivity contribution in [2.45, 2.75) is 45.1 Å². The summed E-state index contributed by atoms with van der Waals surface area (Å²) in [5, 5.41) is 7.47. The first-order chi connectivity index (χ1) is 23.6. The van der Waals surface area contributed by atoms with Gasteiger partial charge in [0.2, 0.25) is 11.8 Å². The number of hydrazine groups is 1. The summed E-state index contributed by atoms with van der Waals surface area (Å²) in [5.41, 5.74) is 9.96. The second-order valence-corrected chi connectivity index (χ2v) is 13.9. The predicted molar refractivity (Wildman–Crippen MR) is 187 cm³/mol. The van der Waals surface area contributed by atoms with Crippen molar-refractivity contribution in [1.29, 1.82) is 0 Å². The third-order valence-corrected chi connectivity index (χ3v) is 10.4. The fourth-order valence-electron chi connectivity index (χ4n) is 6.57. The molecule has 0 aliphatic carbocycles. The van der Waals surface area contributed by atoms with Gasteiger partial charge in [0.1, 0.15) is 12.2 Å². The van der Waals surface area contributed by atoms with Crippen LogP contribution in [0.4, 0.5) is 9.93 Å². The maximum Gasteiger partial charge on any atom is 0.417 e. The summed E-state index contributed by atoms with van der Waals surface area (Å²) in [4.78, 5) is 64.3. The average Bonchev–Trinajstić information content (AvgIpc) is 3.75. The lowest BCUT2D eigenvalue weighted by atomic mass is 9.99. The van der Waals surface area contributed by atoms with Crippen LogP contribution in [0.5, 0.6) is 0 Å². The Bertz CT molecular complexity index is 2150. The van der Waals surface area contributed by atoms with Gasteiger partial charge < -0.3 is 25.3 Å². The molecule has 49 heavy (non-hydrogen) atoms. The van der Waals surface area contributed by atoms with Gasteiger partial charge in [0.05, 0.1) is 38.9 Å². The van der Waals surface area contributed by atoms with Crippen LogP contribution in [0.25, 0.3) is 21.3 Å². The second kappa shape index (κ2) is 13.3. The number of benzene rings is 3. The number of para-hydroxylation sites is 1. The van der Waals surface area contributed by atoms with Crippen molar-refractivity contribution < 1.29 is 18.8 Å². The standard InChI is InChI=1S/C33H32Cl2N8O5S/c1-2-10-41(32(46)37-14-19-6-8-21(34)22(35)11-19)42-17-28(44)43-24(13-18-7-9-25-23(12-18)38-33(47)48-25)30(45)40(16-27(42)43)15-20-4-3-5-26-29(20)39-31(36)49-26/h3-9,11-12,24,27H,2,10,13-17H2,1H3,(H2,36,39)(H,37,46)(H,38,47)/t24-,27+/m0/s1. The molecule has 7 rings (SSSR count). The van der Waals surface area contributed by atoms with Gasteiger partial charge >= 0.3 is 11.8 Å². The number of carbonyl (C=O) groups is 3. The highest BCUT2D eigenvalue weighted by atomic mass is 35.5. The van der Waals surface area contributed by atoms with E-state index in [-0.39, 0.29) is 50.4 Å². The van der Waals surface area contributed by atoms with Gasteiger partial charge in [0.25, 0.3) is 0 Å². The Kier molecular flexibility index (Phi) is 8.96. The zero-order valence-electron chi connectivity index (χ0n) is 26.3. The predicted octanol–water partition coefficient (Wildman–Crippen LogP) is 4.58. The van der Waals surface area contributed by atoms with Gasteiger partial charge in [-0.2, -0.15) is 5.01 Å². The lowest BCUT2D eigenvalue weighted by molar-refractivity contribution is -0.157. The molecule has 0 spiro atoms. The van der Waals surface area contributed by atoms with E-state index in [1.54, 1.807) is 56.2 Å². The van der Waals surface area contributed by atoms with E-state index >= 15 is 0 Å². The summed E-state index contributed by atoms with van der Waals surface area (Å²) in [6.45, 7) is 2.78. The Morgan fingerprint density at radius 3 is 2.73 bits per heavy atom. The van der Waals surface area contributed by atoms with Crippen molar-refractivity contribution in [1.82, 2.24) is 35.1 Å². The monoisotopic (exact) mass is 722 g/mol. The van der Waals surface area contributed by atoms with Gasteiger partial charge in [-0.1, -0.05) is 65.7 Å². The van der Waals surface area contributed by atoms with Gasteiger partial charge in [-0.25, -0.2) is 14.6 Å². The zero-order valence-corrected chi connectivity index (χ0v) is 28.6. The number of aromatic amines is 1. The first-order valence-electron chi connectivity index (χ1n) is 15.7. The number of carbonyl (C=O) groups excluding carboxylic acids is 3. The van der Waals surface area contributed by atoms with Crippen LogP contribution < -0.4 is 16.8 Å². The highest BCUT2D eigenvalue weighted by Gasteiger charge is 2.52. The molecule has 3 aromatic carbocycles. The molecule has 13 nitrogen and oxygen atoms in total. The molecule has 0 bridgehead atoms. The van der Waals surface area contributed by atoms with E-state index in [9.17, 15) is 19.2 Å².